The quantitative estimate of drug-likeness (QED) is 0.550. The maximum absolute atomic E-state index is 12.1. The summed E-state index contributed by atoms with van der Waals surface area (Å²) in [6, 6.07) is 10.1. The molecule has 0 saturated carbocycles. The van der Waals surface area contributed by atoms with Gasteiger partial charge in [0, 0.05) is 11.1 Å². The first kappa shape index (κ1) is 19.0. The van der Waals surface area contributed by atoms with Gasteiger partial charge < -0.3 is 24.3 Å². The number of hydrogen-bond acceptors (Lipinski definition) is 7. The Morgan fingerprint density at radius 2 is 1.96 bits per heavy atom. The van der Waals surface area contributed by atoms with Gasteiger partial charge in [0.15, 0.2) is 23.0 Å². The topological polar surface area (TPSA) is 107 Å². The molecule has 0 fully saturated rings. The molecule has 0 atom stereocenters. The van der Waals surface area contributed by atoms with E-state index in [1.165, 1.54) is 20.4 Å². The summed E-state index contributed by atoms with van der Waals surface area (Å²) >= 11 is 0. The minimum absolute atomic E-state index is 0.124. The van der Waals surface area contributed by atoms with Gasteiger partial charge in [-0.05, 0) is 30.3 Å². The minimum Gasteiger partial charge on any atom is -0.493 e. The molecule has 2 N–H and O–H groups in total. The fourth-order valence-electron chi connectivity index (χ4n) is 2.53. The average Bonchev–Trinajstić information content (AvgIpc) is 3.19. The van der Waals surface area contributed by atoms with Crippen molar-refractivity contribution in [1.82, 2.24) is 10.7 Å². The lowest BCUT2D eigenvalue weighted by atomic mass is 10.2. The Balaban J connectivity index is 1.52. The summed E-state index contributed by atoms with van der Waals surface area (Å²) in [6.07, 6.45) is 1.43. The van der Waals surface area contributed by atoms with Crippen LogP contribution in [-0.2, 0) is 4.79 Å². The van der Waals surface area contributed by atoms with E-state index in [9.17, 15) is 9.59 Å². The van der Waals surface area contributed by atoms with E-state index in [0.717, 1.165) is 0 Å². The lowest BCUT2D eigenvalue weighted by Gasteiger charge is -2.09. The van der Waals surface area contributed by atoms with Crippen molar-refractivity contribution < 1.29 is 28.5 Å². The van der Waals surface area contributed by atoms with Crippen molar-refractivity contribution in [2.24, 2.45) is 5.10 Å². The van der Waals surface area contributed by atoms with Gasteiger partial charge in [-0.25, -0.2) is 5.43 Å². The van der Waals surface area contributed by atoms with Gasteiger partial charge in [-0.1, -0.05) is 6.07 Å². The number of amides is 2. The molecule has 1 aliphatic rings. The van der Waals surface area contributed by atoms with Crippen LogP contribution in [0.2, 0.25) is 0 Å². The van der Waals surface area contributed by atoms with E-state index in [4.69, 9.17) is 18.9 Å². The zero-order valence-corrected chi connectivity index (χ0v) is 15.4. The second-order valence-corrected chi connectivity index (χ2v) is 5.63. The SMILES string of the molecule is COc1cccc(/C=N\NC(=O)CNC(=O)c2ccc3c(c2)OCO3)c1OC. The predicted molar refractivity (Wildman–Crippen MR) is 100 cm³/mol. The standard InChI is InChI=1S/C19H19N3O6/c1-25-15-5-3-4-13(18(15)26-2)9-21-22-17(23)10-20-19(24)12-6-7-14-16(8-12)28-11-27-14/h3-9H,10-11H2,1-2H3,(H,20,24)(H,22,23)/b21-9-. The summed E-state index contributed by atoms with van der Waals surface area (Å²) in [5.41, 5.74) is 3.34. The molecule has 0 aliphatic carbocycles. The first-order valence-electron chi connectivity index (χ1n) is 8.33. The molecular formula is C19H19N3O6. The number of rotatable bonds is 7. The third-order valence-electron chi connectivity index (χ3n) is 3.87. The molecule has 0 radical (unpaired) electrons. The molecule has 9 heteroatoms. The van der Waals surface area contributed by atoms with E-state index in [-0.39, 0.29) is 13.3 Å². The Kier molecular flexibility index (Phi) is 5.95. The van der Waals surface area contributed by atoms with Crippen LogP contribution in [0.15, 0.2) is 41.5 Å². The monoisotopic (exact) mass is 385 g/mol. The van der Waals surface area contributed by atoms with Crippen LogP contribution in [0, 0.1) is 0 Å². The van der Waals surface area contributed by atoms with Crippen LogP contribution in [-0.4, -0.2) is 45.6 Å². The van der Waals surface area contributed by atoms with Gasteiger partial charge in [0.25, 0.3) is 11.8 Å². The van der Waals surface area contributed by atoms with Crippen molar-refractivity contribution in [3.63, 3.8) is 0 Å². The summed E-state index contributed by atoms with van der Waals surface area (Å²) in [7, 11) is 3.04. The van der Waals surface area contributed by atoms with E-state index in [1.807, 2.05) is 0 Å². The van der Waals surface area contributed by atoms with Crippen LogP contribution in [0.3, 0.4) is 0 Å². The number of para-hydroxylation sites is 1. The van der Waals surface area contributed by atoms with Crippen LogP contribution < -0.4 is 29.7 Å². The normalized spacial score (nSPS) is 11.9. The van der Waals surface area contributed by atoms with Crippen molar-refractivity contribution in [3.05, 3.63) is 47.5 Å². The highest BCUT2D eigenvalue weighted by Gasteiger charge is 2.16. The first-order valence-corrected chi connectivity index (χ1v) is 8.33. The maximum Gasteiger partial charge on any atom is 0.259 e. The van der Waals surface area contributed by atoms with Crippen molar-refractivity contribution in [1.29, 1.82) is 0 Å². The Hall–Kier alpha value is -3.75. The van der Waals surface area contributed by atoms with Crippen LogP contribution in [0.1, 0.15) is 15.9 Å². The number of benzene rings is 2. The lowest BCUT2D eigenvalue weighted by Crippen LogP contribution is -2.34. The van der Waals surface area contributed by atoms with Gasteiger partial charge in [0.2, 0.25) is 6.79 Å². The van der Waals surface area contributed by atoms with Gasteiger partial charge >= 0.3 is 0 Å². The van der Waals surface area contributed by atoms with Crippen molar-refractivity contribution in [2.45, 2.75) is 0 Å². The van der Waals surface area contributed by atoms with Gasteiger partial charge in [-0.2, -0.15) is 5.10 Å². The fourth-order valence-corrected chi connectivity index (χ4v) is 2.53. The number of carbonyl (C=O) groups is 2. The number of hydrogen-bond donors (Lipinski definition) is 2. The second kappa shape index (κ2) is 8.76. The molecule has 0 unspecified atom stereocenters. The molecule has 1 aliphatic heterocycles. The van der Waals surface area contributed by atoms with Crippen molar-refractivity contribution >= 4 is 18.0 Å². The molecule has 0 bridgehead atoms. The molecular weight excluding hydrogens is 366 g/mol. The summed E-state index contributed by atoms with van der Waals surface area (Å²) in [6.45, 7) is -0.112. The first-order chi connectivity index (χ1) is 13.6. The zero-order chi connectivity index (χ0) is 19.9. The highest BCUT2D eigenvalue weighted by Crippen LogP contribution is 2.32. The minimum atomic E-state index is -0.479. The Labute approximate surface area is 161 Å². The molecule has 0 saturated heterocycles. The number of ether oxygens (including phenoxy) is 4. The number of hydrazone groups is 1. The highest BCUT2D eigenvalue weighted by molar-refractivity contribution is 5.97. The number of nitrogens with one attached hydrogen (secondary N) is 2. The van der Waals surface area contributed by atoms with Crippen LogP contribution >= 0.6 is 0 Å². The Morgan fingerprint density at radius 3 is 2.75 bits per heavy atom. The highest BCUT2D eigenvalue weighted by atomic mass is 16.7. The molecule has 9 nitrogen and oxygen atoms in total. The number of methoxy groups -OCH3 is 2. The molecule has 0 aromatic heterocycles. The van der Waals surface area contributed by atoms with E-state index in [2.05, 4.69) is 15.8 Å². The number of carbonyl (C=O) groups excluding carboxylic acids is 2. The molecule has 0 spiro atoms. The summed E-state index contributed by atoms with van der Waals surface area (Å²) < 4.78 is 20.9. The molecule has 146 valence electrons. The fraction of sp³-hybridized carbons (Fsp3) is 0.211. The molecule has 2 aromatic rings. The lowest BCUT2D eigenvalue weighted by molar-refractivity contribution is -0.120. The van der Waals surface area contributed by atoms with E-state index in [1.54, 1.807) is 36.4 Å². The van der Waals surface area contributed by atoms with Crippen molar-refractivity contribution in [2.75, 3.05) is 27.6 Å². The molecule has 2 amide bonds. The Bertz CT molecular complexity index is 913. The molecule has 3 rings (SSSR count). The summed E-state index contributed by atoms with van der Waals surface area (Å²) in [5.74, 6) is 1.23. The largest absolute Gasteiger partial charge is 0.493 e. The van der Waals surface area contributed by atoms with Crippen LogP contribution in [0.4, 0.5) is 0 Å². The van der Waals surface area contributed by atoms with Crippen molar-refractivity contribution in [3.8, 4) is 23.0 Å². The van der Waals surface area contributed by atoms with Gasteiger partial charge in [0.05, 0.1) is 27.0 Å². The van der Waals surface area contributed by atoms with Gasteiger partial charge in [0.1, 0.15) is 0 Å². The summed E-state index contributed by atoms with van der Waals surface area (Å²) in [5, 5.41) is 6.39. The predicted octanol–water partition coefficient (Wildman–Crippen LogP) is 1.31. The molecule has 1 heterocycles. The number of nitrogens with zero attached hydrogens (tertiary/aromatic N) is 1. The average molecular weight is 385 g/mol. The van der Waals surface area contributed by atoms with E-state index < -0.39 is 11.8 Å². The maximum atomic E-state index is 12.1. The zero-order valence-electron chi connectivity index (χ0n) is 15.4. The van der Waals surface area contributed by atoms with Crippen LogP contribution in [0.25, 0.3) is 0 Å². The van der Waals surface area contributed by atoms with Gasteiger partial charge in [-0.15, -0.1) is 0 Å². The molecule has 28 heavy (non-hydrogen) atoms. The smallest absolute Gasteiger partial charge is 0.259 e. The van der Waals surface area contributed by atoms with Crippen LogP contribution in [0.5, 0.6) is 23.0 Å². The third-order valence-corrected chi connectivity index (χ3v) is 3.87. The van der Waals surface area contributed by atoms with E-state index in [0.29, 0.717) is 34.1 Å². The number of fused-ring (bicyclic) bond motifs is 1. The van der Waals surface area contributed by atoms with E-state index >= 15 is 0 Å². The Morgan fingerprint density at radius 1 is 1.14 bits per heavy atom. The molecule has 2 aromatic carbocycles. The third kappa shape index (κ3) is 4.32. The second-order valence-electron chi connectivity index (χ2n) is 5.63. The summed E-state index contributed by atoms with van der Waals surface area (Å²) in [4.78, 5) is 24.0. The van der Waals surface area contributed by atoms with Gasteiger partial charge in [-0.3, -0.25) is 9.59 Å².